The van der Waals surface area contributed by atoms with E-state index >= 15 is 4.39 Å². The van der Waals surface area contributed by atoms with E-state index in [-0.39, 0.29) is 27.8 Å². The van der Waals surface area contributed by atoms with E-state index in [4.69, 9.17) is 26.8 Å². The van der Waals surface area contributed by atoms with E-state index in [0.29, 0.717) is 0 Å². The zero-order valence-corrected chi connectivity index (χ0v) is 20.4. The van der Waals surface area contributed by atoms with Gasteiger partial charge in [0.25, 0.3) is 5.60 Å². The lowest BCUT2D eigenvalue weighted by Crippen LogP contribution is -2.53. The molecule has 0 amide bonds. The first-order valence-electron chi connectivity index (χ1n) is 10.6. The van der Waals surface area contributed by atoms with Gasteiger partial charge in [-0.1, -0.05) is 12.1 Å². The highest BCUT2D eigenvalue weighted by Gasteiger charge is 2.49. The summed E-state index contributed by atoms with van der Waals surface area (Å²) < 4.78 is 67.1. The van der Waals surface area contributed by atoms with Gasteiger partial charge in [0.15, 0.2) is 11.5 Å². The fourth-order valence-electron chi connectivity index (χ4n) is 3.48. The molecule has 0 saturated carbocycles. The van der Waals surface area contributed by atoms with Crippen LogP contribution in [0.25, 0.3) is 11.2 Å². The lowest BCUT2D eigenvalue weighted by Gasteiger charge is -2.30. The highest BCUT2D eigenvalue weighted by Crippen LogP contribution is 2.28. The Morgan fingerprint density at radius 3 is 2.31 bits per heavy atom. The molecule has 0 bridgehead atoms. The smallest absolute Gasteiger partial charge is 0.479 e. The number of carboxylic acids is 2. The molecule has 2 heterocycles. The predicted molar refractivity (Wildman–Crippen MR) is 122 cm³/mol. The maximum Gasteiger partial charge on any atom is 0.573 e. The van der Waals surface area contributed by atoms with Crippen LogP contribution < -0.4 is 10.5 Å². The molecule has 3 aromatic rings. The number of aliphatic hydroxyl groups excluding tert-OH is 1. The van der Waals surface area contributed by atoms with Crippen molar-refractivity contribution >= 4 is 40.5 Å². The summed E-state index contributed by atoms with van der Waals surface area (Å²) in [6.45, 7) is -0.948. The summed E-state index contributed by atoms with van der Waals surface area (Å²) in [5.74, 6) is -4.74. The number of nitrogens with zero attached hydrogens (tertiary/aromatic N) is 4. The number of methoxy groups -OCH3 is 1. The number of alkyl halides is 4. The van der Waals surface area contributed by atoms with Crippen molar-refractivity contribution in [3.8, 4) is 5.75 Å². The number of rotatable bonds is 12. The molecule has 3 atom stereocenters. The van der Waals surface area contributed by atoms with E-state index < -0.39 is 61.2 Å². The monoisotopic (exact) mass is 581 g/mol. The maximum atomic E-state index is 15.3. The highest BCUT2D eigenvalue weighted by molar-refractivity contribution is 6.28. The number of benzene rings is 1. The zero-order valence-electron chi connectivity index (χ0n) is 19.7. The Kier molecular flexibility index (Phi) is 8.79. The molecule has 13 nitrogen and oxygen atoms in total. The number of fused-ring (bicyclic) bond motifs is 1. The predicted octanol–water partition coefficient (Wildman–Crippen LogP) is 1.97. The molecule has 0 radical (unpaired) electrons. The average Bonchev–Trinajstić information content (AvgIpc) is 3.27. The molecule has 39 heavy (non-hydrogen) atoms. The van der Waals surface area contributed by atoms with E-state index in [1.807, 2.05) is 0 Å². The van der Waals surface area contributed by atoms with E-state index in [0.717, 1.165) is 42.3 Å². The molecular formula is C21H20ClF4N5O8. The quantitative estimate of drug-likeness (QED) is 0.138. The Hall–Kier alpha value is -3.80. The second kappa shape index (κ2) is 11.5. The number of nitrogens with two attached hydrogens (primary N) is 1. The summed E-state index contributed by atoms with van der Waals surface area (Å²) in [7, 11) is 1.02. The van der Waals surface area contributed by atoms with E-state index in [9.17, 15) is 38.1 Å². The van der Waals surface area contributed by atoms with Crippen molar-refractivity contribution in [1.82, 2.24) is 19.5 Å². The minimum Gasteiger partial charge on any atom is -0.479 e. The van der Waals surface area contributed by atoms with Gasteiger partial charge in [-0.25, -0.2) is 19.0 Å². The van der Waals surface area contributed by atoms with Crippen molar-refractivity contribution in [3.05, 3.63) is 41.4 Å². The van der Waals surface area contributed by atoms with Gasteiger partial charge >= 0.3 is 18.3 Å². The van der Waals surface area contributed by atoms with Crippen LogP contribution in [0.4, 0.5) is 23.4 Å². The molecule has 0 unspecified atom stereocenters. The van der Waals surface area contributed by atoms with E-state index in [2.05, 4.69) is 19.7 Å². The number of aromatic nitrogens is 4. The number of carbonyl (C=O) groups is 2. The largest absolute Gasteiger partial charge is 0.573 e. The van der Waals surface area contributed by atoms with Crippen molar-refractivity contribution < 1.29 is 56.7 Å². The van der Waals surface area contributed by atoms with Crippen LogP contribution in [0.5, 0.6) is 5.75 Å². The molecule has 2 aromatic heterocycles. The summed E-state index contributed by atoms with van der Waals surface area (Å²) in [5.41, 5.74) is 2.42. The molecule has 212 valence electrons. The molecule has 5 N–H and O–H groups in total. The average molecular weight is 582 g/mol. The summed E-state index contributed by atoms with van der Waals surface area (Å²) in [6, 6.07) is 3.72. The van der Waals surface area contributed by atoms with Crippen LogP contribution in [0, 0.1) is 0 Å². The van der Waals surface area contributed by atoms with Crippen LogP contribution in [-0.2, 0) is 25.5 Å². The number of anilines is 1. The number of carboxylic acid groups (broad SMARTS) is 2. The minimum atomic E-state index is -4.98. The third-order valence-electron chi connectivity index (χ3n) is 5.45. The second-order valence-electron chi connectivity index (χ2n) is 7.96. The van der Waals surface area contributed by atoms with Gasteiger partial charge in [-0.2, -0.15) is 9.97 Å². The van der Waals surface area contributed by atoms with Gasteiger partial charge in [0, 0.05) is 13.5 Å². The molecule has 0 aliphatic carbocycles. The van der Waals surface area contributed by atoms with Crippen LogP contribution >= 0.6 is 11.6 Å². The summed E-state index contributed by atoms with van der Waals surface area (Å²) in [4.78, 5) is 35.4. The highest BCUT2D eigenvalue weighted by atomic mass is 35.5. The molecule has 1 aromatic carbocycles. The van der Waals surface area contributed by atoms with Gasteiger partial charge in [-0.05, 0) is 29.3 Å². The Balaban J connectivity index is 1.81. The standard InChI is InChI=1S/C21H20ClF4N5O8/c1-37-11(13(32)14(23)31-8-28-12-15(27)29-19(22)30-16(12)31)7-38-20(17(33)34,18(35)36)6-9-2-4-10(5-3-9)39-21(24,25)26/h2-5,8,11,13-14,32H,6-7H2,1H3,(H,33,34)(H,35,36)(H2,27,29,30)/t11-,13-,14-/m1/s1. The van der Waals surface area contributed by atoms with Crippen molar-refractivity contribution in [2.45, 2.75) is 36.9 Å². The molecule has 18 heteroatoms. The minimum absolute atomic E-state index is 0.0260. The third-order valence-corrected chi connectivity index (χ3v) is 5.62. The van der Waals surface area contributed by atoms with Gasteiger partial charge in [0.05, 0.1) is 12.9 Å². The summed E-state index contributed by atoms with van der Waals surface area (Å²) in [5, 5.41) is 29.7. The number of hydrogen-bond acceptors (Lipinski definition) is 10. The summed E-state index contributed by atoms with van der Waals surface area (Å²) in [6.07, 6.45) is -10.9. The molecule has 0 spiro atoms. The fourth-order valence-corrected chi connectivity index (χ4v) is 3.65. The van der Waals surface area contributed by atoms with Gasteiger partial charge in [-0.15, -0.1) is 13.2 Å². The molecule has 0 aliphatic rings. The van der Waals surface area contributed by atoms with Gasteiger partial charge in [-0.3, -0.25) is 4.57 Å². The first-order chi connectivity index (χ1) is 18.2. The second-order valence-corrected chi connectivity index (χ2v) is 8.29. The molecule has 3 rings (SSSR count). The zero-order chi connectivity index (χ0) is 29.1. The van der Waals surface area contributed by atoms with E-state index in [1.54, 1.807) is 0 Å². The lowest BCUT2D eigenvalue weighted by atomic mass is 9.94. The van der Waals surface area contributed by atoms with Crippen LogP contribution in [0.2, 0.25) is 5.28 Å². The molecule has 0 fully saturated rings. The Bertz CT molecular complexity index is 1330. The van der Waals surface area contributed by atoms with Gasteiger partial charge in [0.1, 0.15) is 23.5 Å². The Morgan fingerprint density at radius 2 is 1.77 bits per heavy atom. The topological polar surface area (TPSA) is 192 Å². The first-order valence-corrected chi connectivity index (χ1v) is 11.0. The SMILES string of the molecule is CO[C@H](COC(Cc1ccc(OC(F)(F)F)cc1)(C(=O)O)C(=O)O)[C@@H](O)[C@H](F)n1cnc2c(N)nc(Cl)nc21. The Labute approximate surface area is 220 Å². The van der Waals surface area contributed by atoms with Crippen LogP contribution in [-0.4, -0.2) is 84.7 Å². The van der Waals surface area contributed by atoms with Gasteiger partial charge < -0.3 is 35.3 Å². The summed E-state index contributed by atoms with van der Waals surface area (Å²) >= 11 is 5.75. The van der Waals surface area contributed by atoms with Crippen molar-refractivity contribution in [3.63, 3.8) is 0 Å². The molecule has 0 saturated heterocycles. The number of aliphatic hydroxyl groups is 1. The first kappa shape index (κ1) is 29.8. The maximum absolute atomic E-state index is 15.3. The lowest BCUT2D eigenvalue weighted by molar-refractivity contribution is -0.274. The molecular weight excluding hydrogens is 562 g/mol. The van der Waals surface area contributed by atoms with Gasteiger partial charge in [0.2, 0.25) is 11.6 Å². The number of hydrogen-bond donors (Lipinski definition) is 4. The normalized spacial score (nSPS) is 14.6. The molecule has 0 aliphatic heterocycles. The Morgan fingerprint density at radius 1 is 1.15 bits per heavy atom. The number of aliphatic carboxylic acids is 2. The van der Waals surface area contributed by atoms with Crippen LogP contribution in [0.1, 0.15) is 11.9 Å². The number of imidazole rings is 1. The van der Waals surface area contributed by atoms with E-state index in [1.165, 1.54) is 0 Å². The third kappa shape index (κ3) is 6.62. The fraction of sp³-hybridized carbons (Fsp3) is 0.381. The van der Waals surface area contributed by atoms with Crippen molar-refractivity contribution in [2.75, 3.05) is 19.5 Å². The number of nitrogen functional groups attached to an aromatic ring is 1. The number of halogens is 5. The number of ether oxygens (including phenoxy) is 3. The van der Waals surface area contributed by atoms with Crippen LogP contribution in [0.15, 0.2) is 30.6 Å². The van der Waals surface area contributed by atoms with Crippen molar-refractivity contribution in [2.24, 2.45) is 0 Å². The van der Waals surface area contributed by atoms with Crippen LogP contribution in [0.3, 0.4) is 0 Å². The van der Waals surface area contributed by atoms with Crippen molar-refractivity contribution in [1.29, 1.82) is 0 Å².